The van der Waals surface area contributed by atoms with Crippen LogP contribution in [-0.4, -0.2) is 12.6 Å². The summed E-state index contributed by atoms with van der Waals surface area (Å²) in [6, 6.07) is 4.79. The van der Waals surface area contributed by atoms with Gasteiger partial charge in [0.15, 0.2) is 0 Å². The second-order valence-electron chi connectivity index (χ2n) is 6.94. The molecular weight excluding hydrogens is 246 g/mol. The van der Waals surface area contributed by atoms with Crippen LogP contribution in [0.2, 0.25) is 0 Å². The number of rotatable bonds is 8. The van der Waals surface area contributed by atoms with Crippen molar-refractivity contribution in [3.63, 3.8) is 0 Å². The van der Waals surface area contributed by atoms with Gasteiger partial charge in [0.1, 0.15) is 5.76 Å². The number of furan rings is 1. The summed E-state index contributed by atoms with van der Waals surface area (Å²) in [6.07, 6.45) is 12.8. The molecule has 2 saturated carbocycles. The first-order valence-corrected chi connectivity index (χ1v) is 8.61. The number of aryl methyl sites for hydroxylation is 1. The predicted molar refractivity (Wildman–Crippen MR) is 82.7 cm³/mol. The molecule has 1 N–H and O–H groups in total. The Bertz CT molecular complexity index is 386. The normalized spacial score (nSPS) is 29.9. The van der Waals surface area contributed by atoms with Gasteiger partial charge in [-0.1, -0.05) is 13.3 Å². The van der Waals surface area contributed by atoms with E-state index >= 15 is 0 Å². The number of fused-ring (bicyclic) bond motifs is 2. The van der Waals surface area contributed by atoms with Crippen LogP contribution in [0.3, 0.4) is 0 Å². The molecule has 0 amide bonds. The molecule has 1 aromatic rings. The van der Waals surface area contributed by atoms with Gasteiger partial charge in [-0.15, -0.1) is 0 Å². The van der Waals surface area contributed by atoms with Crippen molar-refractivity contribution in [3.8, 4) is 0 Å². The lowest BCUT2D eigenvalue weighted by molar-refractivity contribution is 0.270. The van der Waals surface area contributed by atoms with Crippen LogP contribution in [0, 0.1) is 17.8 Å². The fraction of sp³-hybridized carbons (Fsp3) is 0.778. The van der Waals surface area contributed by atoms with E-state index in [2.05, 4.69) is 18.3 Å². The molecule has 2 aliphatic carbocycles. The minimum Gasteiger partial charge on any atom is -0.469 e. The molecule has 2 nitrogen and oxygen atoms in total. The molecule has 0 aromatic carbocycles. The van der Waals surface area contributed by atoms with Crippen molar-refractivity contribution in [3.05, 3.63) is 24.2 Å². The predicted octanol–water partition coefficient (Wildman–Crippen LogP) is 4.41. The van der Waals surface area contributed by atoms with Crippen molar-refractivity contribution in [2.45, 2.75) is 64.3 Å². The molecule has 2 bridgehead atoms. The van der Waals surface area contributed by atoms with Gasteiger partial charge in [-0.2, -0.15) is 0 Å². The van der Waals surface area contributed by atoms with Gasteiger partial charge in [0.2, 0.25) is 0 Å². The Kier molecular flexibility index (Phi) is 4.82. The van der Waals surface area contributed by atoms with Gasteiger partial charge < -0.3 is 9.73 Å². The molecule has 20 heavy (non-hydrogen) atoms. The fourth-order valence-corrected chi connectivity index (χ4v) is 4.45. The highest BCUT2D eigenvalue weighted by Gasteiger charge is 2.39. The van der Waals surface area contributed by atoms with E-state index in [0.29, 0.717) is 6.04 Å². The summed E-state index contributed by atoms with van der Waals surface area (Å²) in [5.74, 6) is 4.26. The minimum absolute atomic E-state index is 0.685. The first kappa shape index (κ1) is 14.2. The lowest BCUT2D eigenvalue weighted by atomic mass is 9.83. The summed E-state index contributed by atoms with van der Waals surface area (Å²) < 4.78 is 5.48. The fourth-order valence-electron chi connectivity index (χ4n) is 4.45. The Morgan fingerprint density at radius 1 is 1.35 bits per heavy atom. The molecule has 2 heteroatoms. The van der Waals surface area contributed by atoms with Gasteiger partial charge in [0.25, 0.3) is 0 Å². The van der Waals surface area contributed by atoms with Crippen molar-refractivity contribution in [2.75, 3.05) is 6.54 Å². The van der Waals surface area contributed by atoms with Crippen LogP contribution >= 0.6 is 0 Å². The van der Waals surface area contributed by atoms with Crippen LogP contribution in [0.4, 0.5) is 0 Å². The molecule has 0 radical (unpaired) electrons. The van der Waals surface area contributed by atoms with Crippen LogP contribution in [0.25, 0.3) is 0 Å². The van der Waals surface area contributed by atoms with E-state index in [9.17, 15) is 0 Å². The maximum absolute atomic E-state index is 5.48. The third-order valence-corrected chi connectivity index (χ3v) is 5.47. The average molecular weight is 275 g/mol. The molecule has 2 fully saturated rings. The second-order valence-corrected chi connectivity index (χ2v) is 6.94. The van der Waals surface area contributed by atoms with Crippen molar-refractivity contribution in [1.82, 2.24) is 5.32 Å². The first-order chi connectivity index (χ1) is 9.85. The zero-order chi connectivity index (χ0) is 13.8. The highest BCUT2D eigenvalue weighted by atomic mass is 16.3. The van der Waals surface area contributed by atoms with Gasteiger partial charge >= 0.3 is 0 Å². The topological polar surface area (TPSA) is 25.2 Å². The average Bonchev–Trinajstić information content (AvgIpc) is 3.18. The van der Waals surface area contributed by atoms with E-state index < -0.39 is 0 Å². The molecule has 0 saturated heterocycles. The zero-order valence-electron chi connectivity index (χ0n) is 12.8. The van der Waals surface area contributed by atoms with Crippen LogP contribution in [-0.2, 0) is 6.42 Å². The number of hydrogen-bond acceptors (Lipinski definition) is 2. The number of hydrogen-bond donors (Lipinski definition) is 1. The molecule has 1 heterocycles. The van der Waals surface area contributed by atoms with Crippen LogP contribution in [0.5, 0.6) is 0 Å². The molecule has 2 aliphatic rings. The molecule has 112 valence electrons. The minimum atomic E-state index is 0.685. The summed E-state index contributed by atoms with van der Waals surface area (Å²) >= 11 is 0. The summed E-state index contributed by atoms with van der Waals surface area (Å²) in [4.78, 5) is 0. The SMILES string of the molecule is CCCNC(CCc1ccco1)CC1CC2CCC1C2. The third kappa shape index (κ3) is 3.46. The van der Waals surface area contributed by atoms with E-state index in [1.54, 1.807) is 6.26 Å². The molecular formula is C18H29NO. The van der Waals surface area contributed by atoms with Crippen molar-refractivity contribution >= 4 is 0 Å². The van der Waals surface area contributed by atoms with Gasteiger partial charge in [-0.3, -0.25) is 0 Å². The van der Waals surface area contributed by atoms with Crippen LogP contribution in [0.1, 0.15) is 57.6 Å². The maximum Gasteiger partial charge on any atom is 0.103 e. The third-order valence-electron chi connectivity index (χ3n) is 5.47. The smallest absolute Gasteiger partial charge is 0.103 e. The van der Waals surface area contributed by atoms with E-state index in [1.165, 1.54) is 44.9 Å². The Labute approximate surface area is 123 Å². The Hall–Kier alpha value is -0.760. The zero-order valence-corrected chi connectivity index (χ0v) is 12.8. The molecule has 0 aliphatic heterocycles. The second kappa shape index (κ2) is 6.80. The maximum atomic E-state index is 5.48. The largest absolute Gasteiger partial charge is 0.469 e. The summed E-state index contributed by atoms with van der Waals surface area (Å²) in [6.45, 7) is 3.41. The monoisotopic (exact) mass is 275 g/mol. The lowest BCUT2D eigenvalue weighted by Crippen LogP contribution is -2.33. The highest BCUT2D eigenvalue weighted by molar-refractivity contribution is 4.99. The van der Waals surface area contributed by atoms with Crippen LogP contribution < -0.4 is 5.32 Å². The Balaban J connectivity index is 1.49. The highest BCUT2D eigenvalue weighted by Crippen LogP contribution is 2.50. The molecule has 1 aromatic heterocycles. The Morgan fingerprint density at radius 2 is 2.30 bits per heavy atom. The molecule has 4 atom stereocenters. The number of nitrogens with one attached hydrogen (secondary N) is 1. The van der Waals surface area contributed by atoms with Crippen LogP contribution in [0.15, 0.2) is 22.8 Å². The molecule has 4 unspecified atom stereocenters. The molecule has 3 rings (SSSR count). The van der Waals surface area contributed by atoms with Crippen molar-refractivity contribution in [2.24, 2.45) is 17.8 Å². The standard InChI is InChI=1S/C18H29NO/c1-2-9-19-17(7-8-18-4-3-10-20-18)13-16-12-14-5-6-15(16)11-14/h3-4,10,14-17,19H,2,5-9,11-13H2,1H3. The van der Waals surface area contributed by atoms with E-state index in [4.69, 9.17) is 4.42 Å². The Morgan fingerprint density at radius 3 is 2.95 bits per heavy atom. The quantitative estimate of drug-likeness (QED) is 0.760. The van der Waals surface area contributed by atoms with Gasteiger partial charge in [0, 0.05) is 12.5 Å². The van der Waals surface area contributed by atoms with Gasteiger partial charge in [0.05, 0.1) is 6.26 Å². The van der Waals surface area contributed by atoms with Crippen molar-refractivity contribution in [1.29, 1.82) is 0 Å². The lowest BCUT2D eigenvalue weighted by Gasteiger charge is -2.27. The summed E-state index contributed by atoms with van der Waals surface area (Å²) in [5.41, 5.74) is 0. The summed E-state index contributed by atoms with van der Waals surface area (Å²) in [7, 11) is 0. The van der Waals surface area contributed by atoms with Gasteiger partial charge in [-0.25, -0.2) is 0 Å². The first-order valence-electron chi connectivity index (χ1n) is 8.61. The molecule has 0 spiro atoms. The summed E-state index contributed by atoms with van der Waals surface area (Å²) in [5, 5.41) is 3.78. The van der Waals surface area contributed by atoms with Gasteiger partial charge in [-0.05, 0) is 75.0 Å². The van der Waals surface area contributed by atoms with E-state index in [1.807, 2.05) is 6.07 Å². The van der Waals surface area contributed by atoms with E-state index in [0.717, 1.165) is 36.5 Å². The van der Waals surface area contributed by atoms with E-state index in [-0.39, 0.29) is 0 Å². The van der Waals surface area contributed by atoms with Crippen molar-refractivity contribution < 1.29 is 4.42 Å².